The lowest BCUT2D eigenvalue weighted by Crippen LogP contribution is -2.44. The summed E-state index contributed by atoms with van der Waals surface area (Å²) in [6.07, 6.45) is 5.42. The molecule has 0 unspecified atom stereocenters. The second-order valence-electron chi connectivity index (χ2n) is 5.29. The van der Waals surface area contributed by atoms with Crippen molar-refractivity contribution in [3.63, 3.8) is 0 Å². The minimum Gasteiger partial charge on any atom is -0.497 e. The zero-order chi connectivity index (χ0) is 17.7. The van der Waals surface area contributed by atoms with E-state index < -0.39 is 23.4 Å². The molecule has 0 aliphatic carbocycles. The van der Waals surface area contributed by atoms with Crippen LogP contribution in [0.25, 0.3) is 0 Å². The Morgan fingerprint density at radius 3 is 2.58 bits per heavy atom. The molecule has 1 aromatic carbocycles. The van der Waals surface area contributed by atoms with Crippen molar-refractivity contribution in [3.05, 3.63) is 29.8 Å². The monoisotopic (exact) mass is 329 g/mol. The van der Waals surface area contributed by atoms with Gasteiger partial charge in [0.25, 0.3) is 5.91 Å². The summed E-state index contributed by atoms with van der Waals surface area (Å²) in [7, 11) is 1.55. The molecule has 0 saturated carbocycles. The number of hydrogen-bond donors (Lipinski definition) is 2. The molecule has 7 heteroatoms. The smallest absolute Gasteiger partial charge is 0.325 e. The molecular weight excluding hydrogens is 310 g/mol. The summed E-state index contributed by atoms with van der Waals surface area (Å²) in [4.78, 5) is 37.7. The van der Waals surface area contributed by atoms with E-state index in [0.717, 1.165) is 4.90 Å². The molecule has 0 aromatic heterocycles. The van der Waals surface area contributed by atoms with Gasteiger partial charge in [-0.2, -0.15) is 0 Å². The van der Waals surface area contributed by atoms with Crippen molar-refractivity contribution in [3.8, 4) is 18.1 Å². The van der Waals surface area contributed by atoms with Gasteiger partial charge in [-0.1, -0.05) is 25.0 Å². The van der Waals surface area contributed by atoms with Crippen LogP contribution in [0, 0.1) is 12.3 Å². The number of carbonyl (C=O) groups is 3. The first kappa shape index (κ1) is 17.3. The van der Waals surface area contributed by atoms with Gasteiger partial charge in [-0.3, -0.25) is 14.5 Å². The fourth-order valence-corrected chi connectivity index (χ4v) is 2.63. The molecule has 24 heavy (non-hydrogen) atoms. The van der Waals surface area contributed by atoms with Gasteiger partial charge in [0.15, 0.2) is 0 Å². The molecule has 1 aromatic rings. The van der Waals surface area contributed by atoms with Crippen molar-refractivity contribution >= 4 is 17.8 Å². The molecular formula is C17H19N3O4. The number of terminal acetylenes is 1. The average molecular weight is 329 g/mol. The van der Waals surface area contributed by atoms with E-state index in [1.54, 1.807) is 38.3 Å². The predicted octanol–water partition coefficient (Wildman–Crippen LogP) is 0.602. The Labute approximate surface area is 140 Å². The van der Waals surface area contributed by atoms with Crippen LogP contribution in [0.2, 0.25) is 0 Å². The lowest BCUT2D eigenvalue weighted by Gasteiger charge is -2.25. The lowest BCUT2D eigenvalue weighted by atomic mass is 9.87. The van der Waals surface area contributed by atoms with Crippen molar-refractivity contribution in [2.24, 2.45) is 0 Å². The molecule has 1 aliphatic heterocycles. The largest absolute Gasteiger partial charge is 0.497 e. The van der Waals surface area contributed by atoms with Gasteiger partial charge in [-0.15, -0.1) is 6.42 Å². The summed E-state index contributed by atoms with van der Waals surface area (Å²) in [6, 6.07) is 6.28. The molecule has 1 atom stereocenters. The predicted molar refractivity (Wildman–Crippen MR) is 87.1 cm³/mol. The Morgan fingerprint density at radius 2 is 2.04 bits per heavy atom. The lowest BCUT2D eigenvalue weighted by molar-refractivity contribution is -0.135. The molecule has 2 rings (SSSR count). The average Bonchev–Trinajstić information content (AvgIpc) is 2.85. The van der Waals surface area contributed by atoms with Crippen LogP contribution in [-0.2, 0) is 15.1 Å². The topological polar surface area (TPSA) is 87.7 Å². The molecule has 2 N–H and O–H groups in total. The first-order valence-electron chi connectivity index (χ1n) is 7.47. The number of hydrogen-bond acceptors (Lipinski definition) is 4. The van der Waals surface area contributed by atoms with Crippen LogP contribution in [0.15, 0.2) is 24.3 Å². The van der Waals surface area contributed by atoms with Gasteiger partial charge in [-0.25, -0.2) is 4.79 Å². The maximum Gasteiger partial charge on any atom is 0.325 e. The molecule has 126 valence electrons. The van der Waals surface area contributed by atoms with Gasteiger partial charge in [0.05, 0.1) is 13.7 Å². The van der Waals surface area contributed by atoms with Gasteiger partial charge < -0.3 is 15.4 Å². The molecule has 0 radical (unpaired) electrons. The first-order chi connectivity index (χ1) is 11.5. The maximum absolute atomic E-state index is 12.8. The van der Waals surface area contributed by atoms with Crippen LogP contribution in [0.4, 0.5) is 4.79 Å². The van der Waals surface area contributed by atoms with Crippen LogP contribution in [0.5, 0.6) is 5.75 Å². The Morgan fingerprint density at radius 1 is 1.38 bits per heavy atom. The zero-order valence-corrected chi connectivity index (χ0v) is 13.6. The molecule has 7 nitrogen and oxygen atoms in total. The van der Waals surface area contributed by atoms with E-state index in [2.05, 4.69) is 16.6 Å². The number of nitrogens with zero attached hydrogens (tertiary/aromatic N) is 1. The molecule has 4 amide bonds. The van der Waals surface area contributed by atoms with Gasteiger partial charge in [0, 0.05) is 0 Å². The van der Waals surface area contributed by atoms with Crippen molar-refractivity contribution in [2.45, 2.75) is 18.9 Å². The van der Waals surface area contributed by atoms with E-state index in [-0.39, 0.29) is 13.1 Å². The molecule has 1 heterocycles. The molecule has 1 aliphatic rings. The number of nitrogens with one attached hydrogen (secondary N) is 2. The Balaban J connectivity index is 2.25. The van der Waals surface area contributed by atoms with Crippen molar-refractivity contribution in [1.29, 1.82) is 0 Å². The third-order valence-corrected chi connectivity index (χ3v) is 3.98. The standard InChI is InChI=1S/C17H19N3O4/c1-4-10-18-14(21)11-20-15(22)17(5-2,19-16(20)23)12-6-8-13(24-3)9-7-12/h1,6-9H,5,10-11H2,2-3H3,(H,18,21)(H,19,23)/t17-/m1/s1. The van der Waals surface area contributed by atoms with Crippen LogP contribution in [0.3, 0.4) is 0 Å². The molecule has 1 fully saturated rings. The quantitative estimate of drug-likeness (QED) is 0.591. The van der Waals surface area contributed by atoms with Gasteiger partial charge in [-0.05, 0) is 24.1 Å². The normalized spacial score (nSPS) is 19.6. The number of rotatable bonds is 6. The van der Waals surface area contributed by atoms with E-state index in [9.17, 15) is 14.4 Å². The highest BCUT2D eigenvalue weighted by Gasteiger charge is 2.51. The van der Waals surface area contributed by atoms with Crippen molar-refractivity contribution in [2.75, 3.05) is 20.2 Å². The van der Waals surface area contributed by atoms with Crippen LogP contribution in [-0.4, -0.2) is 42.9 Å². The van der Waals surface area contributed by atoms with E-state index in [0.29, 0.717) is 17.7 Å². The van der Waals surface area contributed by atoms with Gasteiger partial charge >= 0.3 is 6.03 Å². The molecule has 0 spiro atoms. The number of ether oxygens (including phenoxy) is 1. The van der Waals surface area contributed by atoms with Gasteiger partial charge in [0.2, 0.25) is 5.91 Å². The summed E-state index contributed by atoms with van der Waals surface area (Å²) in [5.41, 5.74) is -0.550. The van der Waals surface area contributed by atoms with Crippen molar-refractivity contribution < 1.29 is 19.1 Å². The minimum absolute atomic E-state index is 0.0416. The number of amides is 4. The van der Waals surface area contributed by atoms with E-state index >= 15 is 0 Å². The third-order valence-electron chi connectivity index (χ3n) is 3.98. The SMILES string of the molecule is C#CCNC(=O)CN1C(=O)N[C@](CC)(c2ccc(OC)cc2)C1=O. The van der Waals surface area contributed by atoms with E-state index in [1.165, 1.54) is 0 Å². The summed E-state index contributed by atoms with van der Waals surface area (Å²) >= 11 is 0. The third kappa shape index (κ3) is 3.04. The molecule has 1 saturated heterocycles. The van der Waals surface area contributed by atoms with E-state index in [4.69, 9.17) is 11.2 Å². The number of benzene rings is 1. The summed E-state index contributed by atoms with van der Waals surface area (Å²) < 4.78 is 5.11. The Kier molecular flexibility index (Phi) is 5.09. The van der Waals surface area contributed by atoms with Crippen molar-refractivity contribution in [1.82, 2.24) is 15.5 Å². The fraction of sp³-hybridized carbons (Fsp3) is 0.353. The second kappa shape index (κ2) is 7.04. The number of urea groups is 1. The first-order valence-corrected chi connectivity index (χ1v) is 7.47. The fourth-order valence-electron chi connectivity index (χ4n) is 2.63. The molecule has 0 bridgehead atoms. The highest BCUT2D eigenvalue weighted by molar-refractivity contribution is 6.09. The summed E-state index contributed by atoms with van der Waals surface area (Å²) in [6.45, 7) is 1.47. The Bertz CT molecular complexity index is 693. The second-order valence-corrected chi connectivity index (χ2v) is 5.29. The van der Waals surface area contributed by atoms with E-state index in [1.807, 2.05) is 0 Å². The number of methoxy groups -OCH3 is 1. The number of imide groups is 1. The van der Waals surface area contributed by atoms with Gasteiger partial charge in [0.1, 0.15) is 17.8 Å². The summed E-state index contributed by atoms with van der Waals surface area (Å²) in [5, 5.41) is 5.14. The van der Waals surface area contributed by atoms with Crippen LogP contribution >= 0.6 is 0 Å². The van der Waals surface area contributed by atoms with Crippen LogP contribution in [0.1, 0.15) is 18.9 Å². The van der Waals surface area contributed by atoms with Crippen LogP contribution < -0.4 is 15.4 Å². The summed E-state index contributed by atoms with van der Waals surface area (Å²) in [5.74, 6) is 1.96. The maximum atomic E-state index is 12.8. The highest BCUT2D eigenvalue weighted by atomic mass is 16.5. The Hall–Kier alpha value is -3.01. The number of carbonyl (C=O) groups excluding carboxylic acids is 3. The zero-order valence-electron chi connectivity index (χ0n) is 13.6. The highest BCUT2D eigenvalue weighted by Crippen LogP contribution is 2.33. The minimum atomic E-state index is -1.18.